The number of sulfone groups is 1. The Balaban J connectivity index is 1.33. The molecule has 8 nitrogen and oxygen atoms in total. The van der Waals surface area contributed by atoms with Crippen LogP contribution >= 0.6 is 0 Å². The highest BCUT2D eigenvalue weighted by molar-refractivity contribution is 7.91. The minimum Gasteiger partial charge on any atom is -0.454 e. The van der Waals surface area contributed by atoms with Crippen molar-refractivity contribution in [1.82, 2.24) is 10.2 Å². The second-order valence-electron chi connectivity index (χ2n) is 6.91. The lowest BCUT2D eigenvalue weighted by Gasteiger charge is -2.22. The molecule has 2 atom stereocenters. The van der Waals surface area contributed by atoms with E-state index in [2.05, 4.69) is 5.32 Å². The van der Waals surface area contributed by atoms with Crippen LogP contribution < -0.4 is 14.8 Å². The Labute approximate surface area is 151 Å². The summed E-state index contributed by atoms with van der Waals surface area (Å²) < 4.78 is 33.8. The summed E-state index contributed by atoms with van der Waals surface area (Å²) in [5, 5.41) is 2.85. The molecule has 2 saturated heterocycles. The Morgan fingerprint density at radius 3 is 2.85 bits per heavy atom. The van der Waals surface area contributed by atoms with Gasteiger partial charge in [0.25, 0.3) is 0 Å². The molecule has 2 fully saturated rings. The number of likely N-dealkylation sites (tertiary alicyclic amines) is 1. The Morgan fingerprint density at radius 1 is 1.27 bits per heavy atom. The second kappa shape index (κ2) is 6.46. The zero-order valence-electron chi connectivity index (χ0n) is 14.1. The van der Waals surface area contributed by atoms with E-state index in [1.165, 1.54) is 0 Å². The van der Waals surface area contributed by atoms with Crippen LogP contribution in [0.25, 0.3) is 0 Å². The fraction of sp³-hybridized carbons (Fsp3) is 0.529. The van der Waals surface area contributed by atoms with Gasteiger partial charge in [-0.25, -0.2) is 8.42 Å². The molecule has 0 spiro atoms. The van der Waals surface area contributed by atoms with Gasteiger partial charge < -0.3 is 19.7 Å². The van der Waals surface area contributed by atoms with Gasteiger partial charge in [0.15, 0.2) is 21.3 Å². The first-order valence-corrected chi connectivity index (χ1v) is 10.4. The van der Waals surface area contributed by atoms with Gasteiger partial charge in [-0.1, -0.05) is 6.07 Å². The lowest BCUT2D eigenvalue weighted by molar-refractivity contribution is -0.130. The monoisotopic (exact) mass is 380 g/mol. The van der Waals surface area contributed by atoms with E-state index >= 15 is 0 Å². The molecule has 3 aliphatic heterocycles. The fourth-order valence-electron chi connectivity index (χ4n) is 3.67. The lowest BCUT2D eigenvalue weighted by Crippen LogP contribution is -2.39. The number of carbonyl (C=O) groups is 2. The summed E-state index contributed by atoms with van der Waals surface area (Å²) in [6.07, 6.45) is 0.586. The molecule has 2 amide bonds. The van der Waals surface area contributed by atoms with Crippen LogP contribution in [-0.4, -0.2) is 56.0 Å². The molecule has 140 valence electrons. The predicted molar refractivity (Wildman–Crippen MR) is 91.3 cm³/mol. The zero-order chi connectivity index (χ0) is 18.3. The number of rotatable bonds is 4. The van der Waals surface area contributed by atoms with Gasteiger partial charge in [-0.2, -0.15) is 0 Å². The Bertz CT molecular complexity index is 853. The first-order valence-electron chi connectivity index (χ1n) is 8.57. The number of nitrogens with one attached hydrogen (secondary N) is 1. The standard InChI is InChI=1S/C17H20N2O6S/c20-16-6-12(8-19(16)13-3-4-26(22,23)9-13)17(21)18-7-11-1-2-14-15(5-11)25-10-24-14/h1-2,5,12-13H,3-4,6-10H2,(H,18,21)/t12-,13+/m0/s1. The molecule has 1 aromatic carbocycles. The van der Waals surface area contributed by atoms with E-state index in [9.17, 15) is 18.0 Å². The minimum absolute atomic E-state index is 0.00424. The van der Waals surface area contributed by atoms with E-state index in [0.717, 1.165) is 5.56 Å². The molecule has 3 aliphatic rings. The smallest absolute Gasteiger partial charge is 0.231 e. The summed E-state index contributed by atoms with van der Waals surface area (Å²) in [6, 6.07) is 5.17. The maximum atomic E-state index is 12.4. The van der Waals surface area contributed by atoms with E-state index in [1.807, 2.05) is 12.1 Å². The first-order chi connectivity index (χ1) is 12.4. The van der Waals surface area contributed by atoms with Crippen LogP contribution in [0.3, 0.4) is 0 Å². The first kappa shape index (κ1) is 17.1. The third-order valence-corrected chi connectivity index (χ3v) is 6.83. The number of benzene rings is 1. The summed E-state index contributed by atoms with van der Waals surface area (Å²) >= 11 is 0. The van der Waals surface area contributed by atoms with Gasteiger partial charge >= 0.3 is 0 Å². The van der Waals surface area contributed by atoms with Crippen molar-refractivity contribution in [1.29, 1.82) is 0 Å². The third-order valence-electron chi connectivity index (χ3n) is 5.08. The Hall–Kier alpha value is -2.29. The van der Waals surface area contributed by atoms with Gasteiger partial charge in [0.05, 0.1) is 17.4 Å². The lowest BCUT2D eigenvalue weighted by atomic mass is 10.1. The van der Waals surface area contributed by atoms with Crippen LogP contribution in [0.15, 0.2) is 18.2 Å². The summed E-state index contributed by atoms with van der Waals surface area (Å²) in [6.45, 7) is 0.812. The predicted octanol–water partition coefficient (Wildman–Crippen LogP) is 0.0671. The SMILES string of the molecule is O=C(NCc1ccc2c(c1)OCO2)[C@H]1CC(=O)N([C@@H]2CCS(=O)(=O)C2)C1. The number of carbonyl (C=O) groups excluding carboxylic acids is 2. The molecule has 0 bridgehead atoms. The average Bonchev–Trinajstić information content (AvgIpc) is 3.30. The van der Waals surface area contributed by atoms with Crippen molar-refractivity contribution in [2.24, 2.45) is 5.92 Å². The topological polar surface area (TPSA) is 102 Å². The number of ether oxygens (including phenoxy) is 2. The van der Waals surface area contributed by atoms with Crippen molar-refractivity contribution in [2.75, 3.05) is 24.8 Å². The van der Waals surface area contributed by atoms with Crippen LogP contribution in [0.1, 0.15) is 18.4 Å². The van der Waals surface area contributed by atoms with Crippen LogP contribution in [0, 0.1) is 5.92 Å². The van der Waals surface area contributed by atoms with E-state index < -0.39 is 15.8 Å². The van der Waals surface area contributed by atoms with Gasteiger partial charge in [0, 0.05) is 25.6 Å². The second-order valence-corrected chi connectivity index (χ2v) is 9.14. The Kier molecular flexibility index (Phi) is 4.26. The van der Waals surface area contributed by atoms with Crippen molar-refractivity contribution in [3.8, 4) is 11.5 Å². The van der Waals surface area contributed by atoms with E-state index in [1.54, 1.807) is 11.0 Å². The highest BCUT2D eigenvalue weighted by atomic mass is 32.2. The normalized spacial score (nSPS) is 26.3. The number of nitrogens with zero attached hydrogens (tertiary/aromatic N) is 1. The Morgan fingerprint density at radius 2 is 2.08 bits per heavy atom. The van der Waals surface area contributed by atoms with Crippen LogP contribution in [0.2, 0.25) is 0 Å². The van der Waals surface area contributed by atoms with E-state index in [-0.39, 0.29) is 49.1 Å². The number of hydrogen-bond donors (Lipinski definition) is 1. The molecule has 0 aromatic heterocycles. The summed E-state index contributed by atoms with van der Waals surface area (Å²) in [5.41, 5.74) is 0.880. The molecule has 1 aromatic rings. The molecule has 0 aliphatic carbocycles. The zero-order valence-corrected chi connectivity index (χ0v) is 15.0. The quantitative estimate of drug-likeness (QED) is 0.793. The van der Waals surface area contributed by atoms with Gasteiger partial charge in [-0.3, -0.25) is 9.59 Å². The van der Waals surface area contributed by atoms with Crippen molar-refractivity contribution in [3.63, 3.8) is 0 Å². The summed E-state index contributed by atoms with van der Waals surface area (Å²) in [5.74, 6) is 0.673. The molecule has 0 unspecified atom stereocenters. The molecule has 4 rings (SSSR count). The molecular weight excluding hydrogens is 360 g/mol. The van der Waals surface area contributed by atoms with Crippen molar-refractivity contribution in [2.45, 2.75) is 25.4 Å². The molecule has 26 heavy (non-hydrogen) atoms. The highest BCUT2D eigenvalue weighted by Gasteiger charge is 2.41. The maximum absolute atomic E-state index is 12.4. The largest absolute Gasteiger partial charge is 0.454 e. The molecule has 3 heterocycles. The number of amides is 2. The average molecular weight is 380 g/mol. The fourth-order valence-corrected chi connectivity index (χ4v) is 5.40. The maximum Gasteiger partial charge on any atom is 0.231 e. The third kappa shape index (κ3) is 3.35. The molecule has 0 saturated carbocycles. The van der Waals surface area contributed by atoms with Crippen LogP contribution in [0.5, 0.6) is 11.5 Å². The van der Waals surface area contributed by atoms with E-state index in [4.69, 9.17) is 9.47 Å². The molecule has 0 radical (unpaired) electrons. The van der Waals surface area contributed by atoms with Gasteiger partial charge in [0.1, 0.15) is 0 Å². The van der Waals surface area contributed by atoms with Gasteiger partial charge in [-0.05, 0) is 24.1 Å². The molecule has 9 heteroatoms. The van der Waals surface area contributed by atoms with Crippen molar-refractivity contribution >= 4 is 21.7 Å². The molecular formula is C17H20N2O6S. The number of fused-ring (bicyclic) bond motifs is 1. The summed E-state index contributed by atoms with van der Waals surface area (Å²) in [4.78, 5) is 26.2. The van der Waals surface area contributed by atoms with Crippen LogP contribution in [0.4, 0.5) is 0 Å². The summed E-state index contributed by atoms with van der Waals surface area (Å²) in [7, 11) is -3.06. The number of hydrogen-bond acceptors (Lipinski definition) is 6. The van der Waals surface area contributed by atoms with Crippen molar-refractivity contribution in [3.05, 3.63) is 23.8 Å². The van der Waals surface area contributed by atoms with Gasteiger partial charge in [-0.15, -0.1) is 0 Å². The minimum atomic E-state index is -3.06. The molecule has 1 N–H and O–H groups in total. The highest BCUT2D eigenvalue weighted by Crippen LogP contribution is 2.32. The van der Waals surface area contributed by atoms with Crippen molar-refractivity contribution < 1.29 is 27.5 Å². The van der Waals surface area contributed by atoms with Gasteiger partial charge in [0.2, 0.25) is 18.6 Å². The van der Waals surface area contributed by atoms with Crippen LogP contribution in [-0.2, 0) is 26.0 Å². The van der Waals surface area contributed by atoms with E-state index in [0.29, 0.717) is 24.5 Å².